The van der Waals surface area contributed by atoms with Crippen LogP contribution in [0.15, 0.2) is 12.3 Å². The maximum absolute atomic E-state index is 12.3. The summed E-state index contributed by atoms with van der Waals surface area (Å²) in [6.07, 6.45) is 1.81. The standard InChI is InChI=1S/C8H8F2N2O/c1-12-5-6(3-2-4-13)7(11-12)8(9)10/h2-5,8H,1H3/b3-2+. The van der Waals surface area contributed by atoms with E-state index >= 15 is 0 Å². The van der Waals surface area contributed by atoms with E-state index in [1.165, 1.54) is 17.0 Å². The first-order chi connectivity index (χ1) is 6.15. The predicted molar refractivity (Wildman–Crippen MR) is 43.3 cm³/mol. The molecule has 13 heavy (non-hydrogen) atoms. The Morgan fingerprint density at radius 3 is 2.85 bits per heavy atom. The minimum absolute atomic E-state index is 0.268. The van der Waals surface area contributed by atoms with Crippen molar-refractivity contribution in [1.29, 1.82) is 0 Å². The third-order valence-corrected chi connectivity index (χ3v) is 1.45. The van der Waals surface area contributed by atoms with Crippen LogP contribution >= 0.6 is 0 Å². The summed E-state index contributed by atoms with van der Waals surface area (Å²) in [5, 5.41) is 3.56. The average molecular weight is 186 g/mol. The first kappa shape index (κ1) is 9.57. The molecule has 0 atom stereocenters. The third kappa shape index (κ3) is 2.21. The molecule has 5 heteroatoms. The lowest BCUT2D eigenvalue weighted by Crippen LogP contribution is -1.91. The van der Waals surface area contributed by atoms with Crippen LogP contribution in [0.4, 0.5) is 8.78 Å². The van der Waals surface area contributed by atoms with Crippen LogP contribution < -0.4 is 0 Å². The highest BCUT2D eigenvalue weighted by Gasteiger charge is 2.15. The first-order valence-electron chi connectivity index (χ1n) is 3.58. The second-order valence-electron chi connectivity index (χ2n) is 2.44. The Labute approximate surface area is 73.7 Å². The Hall–Kier alpha value is -1.52. The number of aromatic nitrogens is 2. The highest BCUT2D eigenvalue weighted by Crippen LogP contribution is 2.21. The number of rotatable bonds is 3. The number of hydrogen-bond donors (Lipinski definition) is 0. The zero-order valence-corrected chi connectivity index (χ0v) is 6.95. The van der Waals surface area contributed by atoms with Crippen LogP contribution in [-0.4, -0.2) is 16.1 Å². The molecule has 0 unspecified atom stereocenters. The number of alkyl halides is 2. The van der Waals surface area contributed by atoms with E-state index in [2.05, 4.69) is 5.10 Å². The highest BCUT2D eigenvalue weighted by atomic mass is 19.3. The van der Waals surface area contributed by atoms with Crippen molar-refractivity contribution < 1.29 is 13.6 Å². The normalized spacial score (nSPS) is 11.4. The molecule has 0 saturated heterocycles. The van der Waals surface area contributed by atoms with Gasteiger partial charge in [-0.15, -0.1) is 0 Å². The van der Waals surface area contributed by atoms with E-state index in [-0.39, 0.29) is 11.3 Å². The molecular weight excluding hydrogens is 178 g/mol. The molecule has 0 saturated carbocycles. The molecule has 0 aliphatic carbocycles. The van der Waals surface area contributed by atoms with Gasteiger partial charge in [-0.3, -0.25) is 9.48 Å². The summed E-state index contributed by atoms with van der Waals surface area (Å²) in [7, 11) is 1.55. The van der Waals surface area contributed by atoms with Gasteiger partial charge in [-0.2, -0.15) is 5.10 Å². The number of nitrogens with zero attached hydrogens (tertiary/aromatic N) is 2. The molecule has 1 aromatic heterocycles. The Morgan fingerprint density at radius 2 is 2.31 bits per heavy atom. The lowest BCUT2D eigenvalue weighted by molar-refractivity contribution is -0.104. The zero-order valence-electron chi connectivity index (χ0n) is 6.95. The molecule has 0 aliphatic rings. The maximum atomic E-state index is 12.3. The average Bonchev–Trinajstić information content (AvgIpc) is 2.43. The van der Waals surface area contributed by atoms with E-state index in [9.17, 15) is 13.6 Å². The largest absolute Gasteiger partial charge is 0.299 e. The SMILES string of the molecule is Cn1cc(/C=C/C=O)c(C(F)F)n1. The van der Waals surface area contributed by atoms with E-state index < -0.39 is 6.43 Å². The van der Waals surface area contributed by atoms with Crippen LogP contribution in [0.1, 0.15) is 17.7 Å². The van der Waals surface area contributed by atoms with Gasteiger partial charge in [0.25, 0.3) is 6.43 Å². The quantitative estimate of drug-likeness (QED) is 0.530. The van der Waals surface area contributed by atoms with Crippen LogP contribution in [-0.2, 0) is 11.8 Å². The van der Waals surface area contributed by atoms with Gasteiger partial charge in [-0.1, -0.05) is 0 Å². The van der Waals surface area contributed by atoms with Crippen molar-refractivity contribution in [1.82, 2.24) is 9.78 Å². The van der Waals surface area contributed by atoms with Gasteiger partial charge in [0.15, 0.2) is 0 Å². The number of aldehydes is 1. The summed E-state index contributed by atoms with van der Waals surface area (Å²) in [4.78, 5) is 9.96. The van der Waals surface area contributed by atoms with Gasteiger partial charge >= 0.3 is 0 Å². The summed E-state index contributed by atoms with van der Waals surface area (Å²) in [5.41, 5.74) is -0.0369. The highest BCUT2D eigenvalue weighted by molar-refractivity contribution is 5.74. The van der Waals surface area contributed by atoms with Gasteiger partial charge in [-0.25, -0.2) is 8.78 Å². The minimum atomic E-state index is -2.62. The zero-order chi connectivity index (χ0) is 9.84. The molecular formula is C8H8F2N2O. The molecule has 3 nitrogen and oxygen atoms in total. The van der Waals surface area contributed by atoms with Crippen LogP contribution in [0.2, 0.25) is 0 Å². The van der Waals surface area contributed by atoms with Crippen LogP contribution in [0.3, 0.4) is 0 Å². The van der Waals surface area contributed by atoms with Crippen LogP contribution in [0, 0.1) is 0 Å². The Balaban J connectivity index is 3.04. The Kier molecular flexibility index (Phi) is 2.89. The van der Waals surface area contributed by atoms with Crippen molar-refractivity contribution in [3.8, 4) is 0 Å². The van der Waals surface area contributed by atoms with Gasteiger partial charge in [0.05, 0.1) is 0 Å². The molecule has 0 amide bonds. The first-order valence-corrected chi connectivity index (χ1v) is 3.58. The van der Waals surface area contributed by atoms with Crippen molar-refractivity contribution in [3.63, 3.8) is 0 Å². The fourth-order valence-corrected chi connectivity index (χ4v) is 0.965. The minimum Gasteiger partial charge on any atom is -0.299 e. The summed E-state index contributed by atoms with van der Waals surface area (Å²) in [5.74, 6) is 0. The summed E-state index contributed by atoms with van der Waals surface area (Å²) in [6.45, 7) is 0. The summed E-state index contributed by atoms with van der Waals surface area (Å²) < 4.78 is 25.8. The second-order valence-corrected chi connectivity index (χ2v) is 2.44. The van der Waals surface area contributed by atoms with Crippen LogP contribution in [0.25, 0.3) is 6.08 Å². The van der Waals surface area contributed by atoms with E-state index in [0.29, 0.717) is 6.29 Å². The number of halogens is 2. The van der Waals surface area contributed by atoms with Gasteiger partial charge in [0.2, 0.25) is 0 Å². The van der Waals surface area contributed by atoms with E-state index in [1.807, 2.05) is 0 Å². The molecule has 0 spiro atoms. The lowest BCUT2D eigenvalue weighted by atomic mass is 10.2. The molecule has 0 bridgehead atoms. The number of hydrogen-bond acceptors (Lipinski definition) is 2. The van der Waals surface area contributed by atoms with Crippen molar-refractivity contribution in [2.24, 2.45) is 7.05 Å². The molecule has 0 fully saturated rings. The number of carbonyl (C=O) groups is 1. The molecule has 70 valence electrons. The molecule has 0 aliphatic heterocycles. The second kappa shape index (κ2) is 3.93. The topological polar surface area (TPSA) is 34.9 Å². The number of aryl methyl sites for hydroxylation is 1. The van der Waals surface area contributed by atoms with Crippen molar-refractivity contribution >= 4 is 12.4 Å². The lowest BCUT2D eigenvalue weighted by Gasteiger charge is -1.93. The summed E-state index contributed by atoms with van der Waals surface area (Å²) in [6, 6.07) is 0. The van der Waals surface area contributed by atoms with E-state index in [0.717, 1.165) is 6.08 Å². The summed E-state index contributed by atoms with van der Waals surface area (Å²) >= 11 is 0. The third-order valence-electron chi connectivity index (χ3n) is 1.45. The predicted octanol–water partition coefficient (Wildman–Crippen LogP) is 1.57. The monoisotopic (exact) mass is 186 g/mol. The molecule has 1 aromatic rings. The fraction of sp³-hybridized carbons (Fsp3) is 0.250. The van der Waals surface area contributed by atoms with Crippen molar-refractivity contribution in [3.05, 3.63) is 23.5 Å². The molecule has 0 N–H and O–H groups in total. The Bertz CT molecular complexity index is 331. The number of carbonyl (C=O) groups excluding carboxylic acids is 1. The number of allylic oxidation sites excluding steroid dienone is 1. The maximum Gasteiger partial charge on any atom is 0.282 e. The molecule has 0 radical (unpaired) electrons. The van der Waals surface area contributed by atoms with E-state index in [4.69, 9.17) is 0 Å². The molecule has 0 aromatic carbocycles. The molecule has 1 heterocycles. The molecule has 1 rings (SSSR count). The van der Waals surface area contributed by atoms with Crippen LogP contribution in [0.5, 0.6) is 0 Å². The van der Waals surface area contributed by atoms with Gasteiger partial charge < -0.3 is 0 Å². The fourth-order valence-electron chi connectivity index (χ4n) is 0.965. The van der Waals surface area contributed by atoms with Gasteiger partial charge in [0.1, 0.15) is 12.0 Å². The Morgan fingerprint density at radius 1 is 1.62 bits per heavy atom. The van der Waals surface area contributed by atoms with Gasteiger partial charge in [0, 0.05) is 18.8 Å². The van der Waals surface area contributed by atoms with Crippen molar-refractivity contribution in [2.45, 2.75) is 6.43 Å². The van der Waals surface area contributed by atoms with Gasteiger partial charge in [-0.05, 0) is 12.2 Å². The smallest absolute Gasteiger partial charge is 0.282 e. The van der Waals surface area contributed by atoms with E-state index in [1.54, 1.807) is 7.05 Å². The van der Waals surface area contributed by atoms with Crippen molar-refractivity contribution in [2.75, 3.05) is 0 Å².